The van der Waals surface area contributed by atoms with Gasteiger partial charge in [-0.2, -0.15) is 0 Å². The number of nitrogens with zero attached hydrogens (tertiary/aromatic N) is 1. The van der Waals surface area contributed by atoms with Crippen LogP contribution < -0.4 is 25.3 Å². The summed E-state index contributed by atoms with van der Waals surface area (Å²) in [6, 6.07) is 3.71. The van der Waals surface area contributed by atoms with E-state index in [1.165, 1.54) is 0 Å². The van der Waals surface area contributed by atoms with Crippen LogP contribution in [0.2, 0.25) is 0 Å². The number of methoxy groups -OCH3 is 3. The number of rotatable bonds is 8. The van der Waals surface area contributed by atoms with Gasteiger partial charge in [0.05, 0.1) is 32.8 Å². The number of ether oxygens (including phenoxy) is 3. The Bertz CT molecular complexity index is 554. The van der Waals surface area contributed by atoms with Gasteiger partial charge in [-0.15, -0.1) is 0 Å². The van der Waals surface area contributed by atoms with Crippen LogP contribution in [0.25, 0.3) is 0 Å². The predicted octanol–water partition coefficient (Wildman–Crippen LogP) is 0.999. The number of nitrogens with two attached hydrogens (primary N) is 1. The maximum Gasteiger partial charge on any atom is 0.224 e. The molecule has 25 heavy (non-hydrogen) atoms. The molecule has 1 saturated heterocycles. The lowest BCUT2D eigenvalue weighted by atomic mass is 9.96. The predicted molar refractivity (Wildman–Crippen MR) is 96.2 cm³/mol. The van der Waals surface area contributed by atoms with E-state index in [1.54, 1.807) is 21.3 Å². The van der Waals surface area contributed by atoms with Crippen LogP contribution in [0.5, 0.6) is 17.2 Å². The van der Waals surface area contributed by atoms with E-state index in [0.717, 1.165) is 43.0 Å². The maximum atomic E-state index is 12.2. The van der Waals surface area contributed by atoms with Gasteiger partial charge in [0.1, 0.15) is 17.2 Å². The first kappa shape index (κ1) is 19.3. The molecule has 0 aliphatic carbocycles. The molecule has 0 spiro atoms. The van der Waals surface area contributed by atoms with Gasteiger partial charge in [0.2, 0.25) is 5.91 Å². The van der Waals surface area contributed by atoms with Crippen LogP contribution >= 0.6 is 0 Å². The second kappa shape index (κ2) is 9.48. The van der Waals surface area contributed by atoms with Crippen LogP contribution in [-0.2, 0) is 11.3 Å². The molecule has 1 aliphatic heterocycles. The summed E-state index contributed by atoms with van der Waals surface area (Å²) in [7, 11) is 4.89. The highest BCUT2D eigenvalue weighted by Gasteiger charge is 2.27. The van der Waals surface area contributed by atoms with Gasteiger partial charge in [0, 0.05) is 38.3 Å². The summed E-state index contributed by atoms with van der Waals surface area (Å²) < 4.78 is 16.3. The van der Waals surface area contributed by atoms with E-state index in [9.17, 15) is 4.79 Å². The number of hydrogen-bond acceptors (Lipinski definition) is 6. The second-order valence-corrected chi connectivity index (χ2v) is 6.16. The fourth-order valence-electron chi connectivity index (χ4n) is 3.21. The van der Waals surface area contributed by atoms with E-state index in [0.29, 0.717) is 25.4 Å². The molecule has 1 fully saturated rings. The molecule has 1 unspecified atom stereocenters. The molecule has 7 nitrogen and oxygen atoms in total. The summed E-state index contributed by atoms with van der Waals surface area (Å²) in [5.74, 6) is 2.23. The summed E-state index contributed by atoms with van der Waals surface area (Å²) in [6.07, 6.45) is 1.89. The molecule has 1 aromatic rings. The standard InChI is InChI=1S/C18H29N3O4/c1-23-14-9-16(24-2)15(17(10-14)25-3)12-21-8-4-5-13(11-21)18(22)20-7-6-19/h9-10,13H,4-8,11-12,19H2,1-3H3,(H,20,22). The van der Waals surface area contributed by atoms with Crippen molar-refractivity contribution in [1.82, 2.24) is 10.2 Å². The number of benzene rings is 1. The Balaban J connectivity index is 2.11. The van der Waals surface area contributed by atoms with Crippen molar-refractivity contribution in [3.05, 3.63) is 17.7 Å². The molecule has 2 rings (SSSR count). The van der Waals surface area contributed by atoms with E-state index in [2.05, 4.69) is 10.2 Å². The highest BCUT2D eigenvalue weighted by atomic mass is 16.5. The molecular formula is C18H29N3O4. The molecule has 3 N–H and O–H groups in total. The molecule has 0 aromatic heterocycles. The molecule has 1 amide bonds. The van der Waals surface area contributed by atoms with Crippen molar-refractivity contribution >= 4 is 5.91 Å². The number of nitrogens with one attached hydrogen (secondary N) is 1. The van der Waals surface area contributed by atoms with Gasteiger partial charge in [0.25, 0.3) is 0 Å². The average Bonchev–Trinajstić information content (AvgIpc) is 2.66. The Kier molecular flexibility index (Phi) is 7.33. The van der Waals surface area contributed by atoms with Crippen molar-refractivity contribution in [2.45, 2.75) is 19.4 Å². The first-order valence-corrected chi connectivity index (χ1v) is 8.62. The summed E-state index contributed by atoms with van der Waals surface area (Å²) in [5, 5.41) is 2.89. The normalized spacial score (nSPS) is 17.8. The summed E-state index contributed by atoms with van der Waals surface area (Å²) in [4.78, 5) is 14.5. The zero-order valence-electron chi connectivity index (χ0n) is 15.3. The highest BCUT2D eigenvalue weighted by Crippen LogP contribution is 2.35. The minimum Gasteiger partial charge on any atom is -0.496 e. The van der Waals surface area contributed by atoms with Crippen molar-refractivity contribution in [2.75, 3.05) is 47.5 Å². The van der Waals surface area contributed by atoms with Crippen molar-refractivity contribution in [3.63, 3.8) is 0 Å². The van der Waals surface area contributed by atoms with Gasteiger partial charge in [0.15, 0.2) is 0 Å². The topological polar surface area (TPSA) is 86.1 Å². The Labute approximate surface area is 149 Å². The third-order valence-electron chi connectivity index (χ3n) is 4.52. The first-order chi connectivity index (χ1) is 12.1. The van der Waals surface area contributed by atoms with Crippen LogP contribution in [0.3, 0.4) is 0 Å². The Morgan fingerprint density at radius 3 is 2.48 bits per heavy atom. The maximum absolute atomic E-state index is 12.2. The molecule has 0 radical (unpaired) electrons. The minimum atomic E-state index is -0.00413. The first-order valence-electron chi connectivity index (χ1n) is 8.62. The molecule has 7 heteroatoms. The molecular weight excluding hydrogens is 322 g/mol. The van der Waals surface area contributed by atoms with Crippen LogP contribution in [0.15, 0.2) is 12.1 Å². The lowest BCUT2D eigenvalue weighted by Gasteiger charge is -2.32. The van der Waals surface area contributed by atoms with Crippen molar-refractivity contribution in [3.8, 4) is 17.2 Å². The zero-order chi connectivity index (χ0) is 18.2. The zero-order valence-corrected chi connectivity index (χ0v) is 15.3. The molecule has 0 saturated carbocycles. The second-order valence-electron chi connectivity index (χ2n) is 6.16. The van der Waals surface area contributed by atoms with E-state index in [-0.39, 0.29) is 11.8 Å². The quantitative estimate of drug-likeness (QED) is 0.727. The molecule has 140 valence electrons. The van der Waals surface area contributed by atoms with E-state index >= 15 is 0 Å². The number of amides is 1. The molecule has 0 bridgehead atoms. The number of likely N-dealkylation sites (tertiary alicyclic amines) is 1. The van der Waals surface area contributed by atoms with Gasteiger partial charge in [-0.3, -0.25) is 9.69 Å². The number of piperidine rings is 1. The van der Waals surface area contributed by atoms with E-state index in [1.807, 2.05) is 12.1 Å². The van der Waals surface area contributed by atoms with Crippen LogP contribution in [0, 0.1) is 5.92 Å². The summed E-state index contributed by atoms with van der Waals surface area (Å²) in [5.41, 5.74) is 6.43. The van der Waals surface area contributed by atoms with Gasteiger partial charge in [-0.1, -0.05) is 0 Å². The van der Waals surface area contributed by atoms with Crippen LogP contribution in [0.4, 0.5) is 0 Å². The summed E-state index contributed by atoms with van der Waals surface area (Å²) >= 11 is 0. The number of carbonyl (C=O) groups is 1. The number of hydrogen-bond donors (Lipinski definition) is 2. The van der Waals surface area contributed by atoms with Gasteiger partial charge in [-0.25, -0.2) is 0 Å². The van der Waals surface area contributed by atoms with Crippen LogP contribution in [-0.4, -0.2) is 58.3 Å². The van der Waals surface area contributed by atoms with Gasteiger partial charge < -0.3 is 25.3 Å². The Morgan fingerprint density at radius 2 is 1.92 bits per heavy atom. The third-order valence-corrected chi connectivity index (χ3v) is 4.52. The third kappa shape index (κ3) is 4.99. The minimum absolute atomic E-state index is 0.00413. The largest absolute Gasteiger partial charge is 0.496 e. The average molecular weight is 351 g/mol. The van der Waals surface area contributed by atoms with Crippen molar-refractivity contribution < 1.29 is 19.0 Å². The van der Waals surface area contributed by atoms with Crippen LogP contribution in [0.1, 0.15) is 18.4 Å². The SMILES string of the molecule is COc1cc(OC)c(CN2CCCC(C(=O)NCCN)C2)c(OC)c1. The fraction of sp³-hybridized carbons (Fsp3) is 0.611. The molecule has 1 heterocycles. The van der Waals surface area contributed by atoms with Gasteiger partial charge >= 0.3 is 0 Å². The molecule has 1 aliphatic rings. The highest BCUT2D eigenvalue weighted by molar-refractivity contribution is 5.78. The molecule has 1 atom stereocenters. The summed E-state index contributed by atoms with van der Waals surface area (Å²) in [6.45, 7) is 3.31. The monoisotopic (exact) mass is 351 g/mol. The molecule has 1 aromatic carbocycles. The fourth-order valence-corrected chi connectivity index (χ4v) is 3.21. The smallest absolute Gasteiger partial charge is 0.224 e. The lowest BCUT2D eigenvalue weighted by Crippen LogP contribution is -2.43. The van der Waals surface area contributed by atoms with Crippen molar-refractivity contribution in [1.29, 1.82) is 0 Å². The van der Waals surface area contributed by atoms with E-state index in [4.69, 9.17) is 19.9 Å². The van der Waals surface area contributed by atoms with E-state index < -0.39 is 0 Å². The Morgan fingerprint density at radius 1 is 1.24 bits per heavy atom. The Hall–Kier alpha value is -1.99. The van der Waals surface area contributed by atoms with Crippen molar-refractivity contribution in [2.24, 2.45) is 11.7 Å². The number of carbonyl (C=O) groups excluding carboxylic acids is 1. The lowest BCUT2D eigenvalue weighted by molar-refractivity contribution is -0.126. The van der Waals surface area contributed by atoms with Gasteiger partial charge in [-0.05, 0) is 19.4 Å².